The van der Waals surface area contributed by atoms with Crippen LogP contribution in [0.25, 0.3) is 0 Å². The largest absolute Gasteiger partial charge is 0.310 e. The average molecular weight is 275 g/mol. The van der Waals surface area contributed by atoms with Crippen molar-refractivity contribution in [2.24, 2.45) is 0 Å². The predicted octanol–water partition coefficient (Wildman–Crippen LogP) is 2.18. The van der Waals surface area contributed by atoms with E-state index in [1.807, 2.05) is 0 Å². The third-order valence-corrected chi connectivity index (χ3v) is 4.24. The van der Waals surface area contributed by atoms with Crippen LogP contribution in [0.2, 0.25) is 0 Å². The van der Waals surface area contributed by atoms with Gasteiger partial charge in [-0.25, -0.2) is 17.2 Å². The van der Waals surface area contributed by atoms with E-state index in [4.69, 9.17) is 0 Å². The van der Waals surface area contributed by atoms with E-state index >= 15 is 0 Å². The molecule has 1 heterocycles. The minimum Gasteiger partial charge on any atom is -0.310 e. The summed E-state index contributed by atoms with van der Waals surface area (Å²) in [6, 6.07) is 2.13. The first-order valence-electron chi connectivity index (χ1n) is 5.82. The van der Waals surface area contributed by atoms with Gasteiger partial charge in [-0.2, -0.15) is 0 Å². The zero-order valence-corrected chi connectivity index (χ0v) is 10.9. The molecule has 2 rings (SSSR count). The summed E-state index contributed by atoms with van der Waals surface area (Å²) < 4.78 is 50.0. The maximum absolute atomic E-state index is 13.7. The highest BCUT2D eigenvalue weighted by molar-refractivity contribution is 7.90. The van der Waals surface area contributed by atoms with E-state index in [9.17, 15) is 17.2 Å². The molecule has 0 aliphatic carbocycles. The van der Waals surface area contributed by atoms with Gasteiger partial charge in [0.2, 0.25) is 0 Å². The summed E-state index contributed by atoms with van der Waals surface area (Å²) >= 11 is 0. The van der Waals surface area contributed by atoms with Crippen LogP contribution in [0, 0.1) is 11.6 Å². The maximum atomic E-state index is 13.7. The van der Waals surface area contributed by atoms with Gasteiger partial charge in [-0.1, -0.05) is 6.42 Å². The van der Waals surface area contributed by atoms with Crippen molar-refractivity contribution in [3.8, 4) is 0 Å². The molecule has 1 aliphatic rings. The summed E-state index contributed by atoms with van der Waals surface area (Å²) in [7, 11) is -3.88. The van der Waals surface area contributed by atoms with Crippen molar-refractivity contribution in [3.05, 3.63) is 29.3 Å². The van der Waals surface area contributed by atoms with Gasteiger partial charge >= 0.3 is 0 Å². The minimum atomic E-state index is -3.88. The molecule has 1 aromatic carbocycles. The molecule has 0 amide bonds. The summed E-state index contributed by atoms with van der Waals surface area (Å²) in [5.74, 6) is -2.03. The zero-order chi connectivity index (χ0) is 13.3. The molecular weight excluding hydrogens is 260 g/mol. The number of hydrogen-bond acceptors (Lipinski definition) is 3. The second-order valence-electron chi connectivity index (χ2n) is 4.59. The molecule has 100 valence electrons. The molecule has 1 aliphatic heterocycles. The van der Waals surface area contributed by atoms with E-state index in [1.54, 1.807) is 0 Å². The Hall–Kier alpha value is -1.01. The Morgan fingerprint density at radius 2 is 1.83 bits per heavy atom. The Morgan fingerprint density at radius 3 is 2.28 bits per heavy atom. The van der Waals surface area contributed by atoms with Gasteiger partial charge < -0.3 is 5.32 Å². The van der Waals surface area contributed by atoms with Gasteiger partial charge in [-0.3, -0.25) is 0 Å². The minimum absolute atomic E-state index is 0.101. The monoisotopic (exact) mass is 275 g/mol. The van der Waals surface area contributed by atoms with Crippen molar-refractivity contribution < 1.29 is 17.2 Å². The van der Waals surface area contributed by atoms with Gasteiger partial charge in [0.1, 0.15) is 16.5 Å². The molecular formula is C12H15F2NO2S. The topological polar surface area (TPSA) is 46.2 Å². The molecule has 0 saturated carbocycles. The van der Waals surface area contributed by atoms with Gasteiger partial charge in [0.05, 0.1) is 0 Å². The van der Waals surface area contributed by atoms with Crippen molar-refractivity contribution >= 4 is 9.84 Å². The van der Waals surface area contributed by atoms with Crippen LogP contribution in [-0.2, 0) is 9.84 Å². The van der Waals surface area contributed by atoms with Gasteiger partial charge in [0.15, 0.2) is 9.84 Å². The number of nitrogens with one attached hydrogen (secondary N) is 1. The van der Waals surface area contributed by atoms with E-state index in [0.29, 0.717) is 5.56 Å². The average Bonchev–Trinajstić information content (AvgIpc) is 2.27. The summed E-state index contributed by atoms with van der Waals surface area (Å²) in [5.41, 5.74) is 0.470. The Kier molecular flexibility index (Phi) is 3.68. The quantitative estimate of drug-likeness (QED) is 0.900. The fourth-order valence-corrected chi connectivity index (χ4v) is 3.10. The second kappa shape index (κ2) is 4.93. The SMILES string of the molecule is CS(=O)(=O)c1c(F)cc(C2CCCCN2)cc1F. The van der Waals surface area contributed by atoms with Crippen molar-refractivity contribution in [3.63, 3.8) is 0 Å². The number of piperidine rings is 1. The van der Waals surface area contributed by atoms with E-state index in [0.717, 1.165) is 44.2 Å². The van der Waals surface area contributed by atoms with Crippen molar-refractivity contribution in [1.82, 2.24) is 5.32 Å². The van der Waals surface area contributed by atoms with Crippen LogP contribution in [0.5, 0.6) is 0 Å². The van der Waals surface area contributed by atoms with E-state index in [1.165, 1.54) is 0 Å². The molecule has 6 heteroatoms. The number of benzene rings is 1. The maximum Gasteiger partial charge on any atom is 0.181 e. The first kappa shape index (κ1) is 13.4. The van der Waals surface area contributed by atoms with Crippen LogP contribution in [0.4, 0.5) is 8.78 Å². The second-order valence-corrected chi connectivity index (χ2v) is 6.54. The summed E-state index contributed by atoms with van der Waals surface area (Å²) in [4.78, 5) is -0.845. The van der Waals surface area contributed by atoms with E-state index in [-0.39, 0.29) is 6.04 Å². The van der Waals surface area contributed by atoms with Crippen LogP contribution in [-0.4, -0.2) is 21.2 Å². The third-order valence-electron chi connectivity index (χ3n) is 3.10. The zero-order valence-electron chi connectivity index (χ0n) is 10.0. The molecule has 0 radical (unpaired) electrons. The Morgan fingerprint density at radius 1 is 1.22 bits per heavy atom. The van der Waals surface area contributed by atoms with Crippen molar-refractivity contribution in [1.29, 1.82) is 0 Å². The predicted molar refractivity (Wildman–Crippen MR) is 64.1 cm³/mol. The number of rotatable bonds is 2. The Bertz CT molecular complexity index is 528. The fraction of sp³-hybridized carbons (Fsp3) is 0.500. The lowest BCUT2D eigenvalue weighted by molar-refractivity contribution is 0.407. The highest BCUT2D eigenvalue weighted by Crippen LogP contribution is 2.27. The van der Waals surface area contributed by atoms with Crippen LogP contribution in [0.15, 0.2) is 17.0 Å². The first-order chi connectivity index (χ1) is 8.39. The highest BCUT2D eigenvalue weighted by atomic mass is 32.2. The summed E-state index contributed by atoms with van der Waals surface area (Å²) in [6.45, 7) is 0.807. The molecule has 0 bridgehead atoms. The van der Waals surface area contributed by atoms with E-state index < -0.39 is 26.4 Å². The molecule has 1 unspecified atom stereocenters. The molecule has 18 heavy (non-hydrogen) atoms. The Balaban J connectivity index is 2.42. The third kappa shape index (κ3) is 2.70. The van der Waals surface area contributed by atoms with Gasteiger partial charge in [0, 0.05) is 12.3 Å². The normalized spacial score (nSPS) is 20.9. The number of halogens is 2. The molecule has 1 saturated heterocycles. The molecule has 1 aromatic rings. The lowest BCUT2D eigenvalue weighted by Crippen LogP contribution is -2.27. The molecule has 0 spiro atoms. The standard InChI is InChI=1S/C12H15F2NO2S/c1-18(16,17)12-9(13)6-8(7-10(12)14)11-4-2-3-5-15-11/h6-7,11,15H,2-5H2,1H3. The molecule has 1 N–H and O–H groups in total. The van der Waals surface area contributed by atoms with Gasteiger partial charge in [-0.05, 0) is 37.1 Å². The Labute approximate surface area is 105 Å². The molecule has 1 fully saturated rings. The fourth-order valence-electron chi connectivity index (χ4n) is 2.27. The number of sulfone groups is 1. The smallest absolute Gasteiger partial charge is 0.181 e. The molecule has 0 aromatic heterocycles. The molecule has 3 nitrogen and oxygen atoms in total. The van der Waals surface area contributed by atoms with Crippen LogP contribution in [0.3, 0.4) is 0 Å². The van der Waals surface area contributed by atoms with Crippen LogP contribution < -0.4 is 5.32 Å². The van der Waals surface area contributed by atoms with Crippen LogP contribution in [0.1, 0.15) is 30.9 Å². The van der Waals surface area contributed by atoms with Crippen molar-refractivity contribution in [2.75, 3.05) is 12.8 Å². The van der Waals surface area contributed by atoms with Gasteiger partial charge in [0.25, 0.3) is 0 Å². The molecule has 1 atom stereocenters. The highest BCUT2D eigenvalue weighted by Gasteiger charge is 2.23. The van der Waals surface area contributed by atoms with Gasteiger partial charge in [-0.15, -0.1) is 0 Å². The van der Waals surface area contributed by atoms with Crippen LogP contribution >= 0.6 is 0 Å². The summed E-state index contributed by atoms with van der Waals surface area (Å²) in [5, 5.41) is 3.17. The summed E-state index contributed by atoms with van der Waals surface area (Å²) in [6.07, 6.45) is 3.64. The number of hydrogen-bond donors (Lipinski definition) is 1. The lowest BCUT2D eigenvalue weighted by Gasteiger charge is -2.24. The van der Waals surface area contributed by atoms with E-state index in [2.05, 4.69) is 5.32 Å². The van der Waals surface area contributed by atoms with Crippen molar-refractivity contribution in [2.45, 2.75) is 30.2 Å². The first-order valence-corrected chi connectivity index (χ1v) is 7.71. The lowest BCUT2D eigenvalue weighted by atomic mass is 9.97.